The Morgan fingerprint density at radius 2 is 1.93 bits per heavy atom. The number of rotatable bonds is 1. The lowest BCUT2D eigenvalue weighted by molar-refractivity contribution is -0.255. The first kappa shape index (κ1) is 10.1. The molecule has 0 spiro atoms. The molecule has 0 amide bonds. The molecule has 0 atom stereocenters. The molecule has 5 nitrogen and oxygen atoms in total. The number of quaternary nitrogens is 1. The van der Waals surface area contributed by atoms with Gasteiger partial charge < -0.3 is 16.1 Å². The number of hydrogen-bond acceptors (Lipinski definition) is 4. The van der Waals surface area contributed by atoms with Crippen molar-refractivity contribution >= 4 is 16.9 Å². The molecule has 4 N–H and O–H groups in total. The Morgan fingerprint density at radius 3 is 2.64 bits per heavy atom. The number of aromatic carboxylic acids is 1. The molecule has 0 bridgehead atoms. The van der Waals surface area contributed by atoms with Crippen LogP contribution in [0, 0.1) is 0 Å². The van der Waals surface area contributed by atoms with Crippen molar-refractivity contribution in [2.75, 3.05) is 0 Å². The Bertz CT molecular complexity index is 465. The van der Waals surface area contributed by atoms with Crippen molar-refractivity contribution in [3.8, 4) is 0 Å². The van der Waals surface area contributed by atoms with Gasteiger partial charge in [-0.25, -0.2) is 9.97 Å². The summed E-state index contributed by atoms with van der Waals surface area (Å²) in [4.78, 5) is 18.2. The number of nitrogens with zero attached hydrogens (tertiary/aromatic N) is 2. The minimum absolute atomic E-state index is 0. The third kappa shape index (κ3) is 1.53. The number of fused-ring (bicyclic) bond motifs is 1. The lowest BCUT2D eigenvalue weighted by atomic mass is 10.2. The standard InChI is InChI=1S/C9H6N2O2.H3N/c12-9(13)8-6-3-1-2-4-7(6)10-5-11-8;/h1-5H,(H,12,13);1H3. The Hall–Kier alpha value is -2.01. The van der Waals surface area contributed by atoms with E-state index in [9.17, 15) is 9.90 Å². The van der Waals surface area contributed by atoms with Crippen molar-refractivity contribution in [2.45, 2.75) is 0 Å². The van der Waals surface area contributed by atoms with Crippen molar-refractivity contribution in [2.24, 2.45) is 0 Å². The number of benzene rings is 1. The fourth-order valence-corrected chi connectivity index (χ4v) is 1.17. The van der Waals surface area contributed by atoms with Crippen LogP contribution in [-0.2, 0) is 0 Å². The molecule has 1 aromatic carbocycles. The predicted octanol–water partition coefficient (Wildman–Crippen LogP) is 0.369. The fourth-order valence-electron chi connectivity index (χ4n) is 1.17. The summed E-state index contributed by atoms with van der Waals surface area (Å²) in [5, 5.41) is 11.1. The Kier molecular flexibility index (Phi) is 2.73. The maximum Gasteiger partial charge on any atom is 0.116 e. The van der Waals surface area contributed by atoms with E-state index < -0.39 is 5.97 Å². The van der Waals surface area contributed by atoms with Crippen molar-refractivity contribution in [3.05, 3.63) is 36.3 Å². The van der Waals surface area contributed by atoms with Gasteiger partial charge in [0.1, 0.15) is 6.33 Å². The van der Waals surface area contributed by atoms with E-state index in [1.54, 1.807) is 24.3 Å². The molecule has 0 saturated carbocycles. The maximum atomic E-state index is 10.6. The summed E-state index contributed by atoms with van der Waals surface area (Å²) in [6, 6.07) is 6.90. The molecule has 2 aromatic rings. The first-order valence-corrected chi connectivity index (χ1v) is 3.70. The average molecular weight is 191 g/mol. The number of carbonyl (C=O) groups is 1. The highest BCUT2D eigenvalue weighted by molar-refractivity contribution is 5.99. The smallest absolute Gasteiger partial charge is 0.116 e. The highest BCUT2D eigenvalue weighted by Gasteiger charge is 2.01. The van der Waals surface area contributed by atoms with Crippen LogP contribution in [0.25, 0.3) is 10.9 Å². The molecule has 72 valence electrons. The van der Waals surface area contributed by atoms with E-state index >= 15 is 0 Å². The van der Waals surface area contributed by atoms with Crippen LogP contribution in [0.4, 0.5) is 0 Å². The topological polar surface area (TPSA) is 102 Å². The van der Waals surface area contributed by atoms with Crippen molar-refractivity contribution in [1.29, 1.82) is 0 Å². The molecule has 0 aliphatic rings. The number of hydrogen-bond donors (Lipinski definition) is 1. The van der Waals surface area contributed by atoms with Crippen molar-refractivity contribution in [1.82, 2.24) is 16.1 Å². The molecule has 0 aliphatic carbocycles. The predicted molar refractivity (Wildman–Crippen MR) is 49.9 cm³/mol. The highest BCUT2D eigenvalue weighted by atomic mass is 16.4. The van der Waals surface area contributed by atoms with Crippen LogP contribution in [0.5, 0.6) is 0 Å². The first-order valence-electron chi connectivity index (χ1n) is 3.70. The van der Waals surface area contributed by atoms with Crippen LogP contribution in [0.2, 0.25) is 0 Å². The van der Waals surface area contributed by atoms with Gasteiger partial charge in [0.25, 0.3) is 0 Å². The lowest BCUT2D eigenvalue weighted by Crippen LogP contribution is -2.23. The molecule has 0 saturated heterocycles. The third-order valence-electron chi connectivity index (χ3n) is 1.74. The molecule has 0 fully saturated rings. The second-order valence-electron chi connectivity index (χ2n) is 2.53. The van der Waals surface area contributed by atoms with Gasteiger partial charge in [-0.05, 0) is 6.07 Å². The molecule has 2 rings (SSSR count). The summed E-state index contributed by atoms with van der Waals surface area (Å²) >= 11 is 0. The zero-order chi connectivity index (χ0) is 9.26. The van der Waals surface area contributed by atoms with E-state index in [4.69, 9.17) is 0 Å². The van der Waals surface area contributed by atoms with Gasteiger partial charge in [-0.15, -0.1) is 0 Å². The summed E-state index contributed by atoms with van der Waals surface area (Å²) in [5.74, 6) is -1.28. The molecule has 0 aliphatic heterocycles. The molecular weight excluding hydrogens is 182 g/mol. The molecule has 5 heteroatoms. The molecule has 14 heavy (non-hydrogen) atoms. The van der Waals surface area contributed by atoms with Gasteiger partial charge in [-0.1, -0.05) is 18.2 Å². The monoisotopic (exact) mass is 191 g/mol. The summed E-state index contributed by atoms with van der Waals surface area (Å²) in [5.41, 5.74) is 0.544. The number of aromatic nitrogens is 2. The van der Waals surface area contributed by atoms with Gasteiger partial charge in [0.2, 0.25) is 0 Å². The summed E-state index contributed by atoms with van der Waals surface area (Å²) in [6.45, 7) is 0. The van der Waals surface area contributed by atoms with Crippen LogP contribution in [0.3, 0.4) is 0 Å². The lowest BCUT2D eigenvalue weighted by Gasteiger charge is -2.03. The maximum absolute atomic E-state index is 10.6. The summed E-state index contributed by atoms with van der Waals surface area (Å²) in [7, 11) is 0. The van der Waals surface area contributed by atoms with Crippen LogP contribution in [-0.4, -0.2) is 15.9 Å². The largest absolute Gasteiger partial charge is 0.543 e. The number of para-hydroxylation sites is 1. The molecule has 1 heterocycles. The third-order valence-corrected chi connectivity index (χ3v) is 1.74. The minimum atomic E-state index is -1.28. The van der Waals surface area contributed by atoms with E-state index in [0.29, 0.717) is 10.9 Å². The zero-order valence-corrected chi connectivity index (χ0v) is 7.60. The highest BCUT2D eigenvalue weighted by Crippen LogP contribution is 2.12. The van der Waals surface area contributed by atoms with Crippen LogP contribution < -0.4 is 11.3 Å². The minimum Gasteiger partial charge on any atom is -0.543 e. The van der Waals surface area contributed by atoms with Gasteiger partial charge in [0.15, 0.2) is 0 Å². The molecule has 1 aromatic heterocycles. The van der Waals surface area contributed by atoms with Gasteiger partial charge in [0, 0.05) is 5.39 Å². The Balaban J connectivity index is 0.000000980. The second kappa shape index (κ2) is 3.80. The number of carboxylic acids is 1. The van der Waals surface area contributed by atoms with E-state index in [2.05, 4.69) is 9.97 Å². The summed E-state index contributed by atoms with van der Waals surface area (Å²) in [6.07, 6.45) is 1.22. The van der Waals surface area contributed by atoms with Crippen LogP contribution in [0.15, 0.2) is 30.6 Å². The van der Waals surface area contributed by atoms with Gasteiger partial charge in [-0.2, -0.15) is 0 Å². The second-order valence-corrected chi connectivity index (χ2v) is 2.53. The quantitative estimate of drug-likeness (QED) is 0.703. The van der Waals surface area contributed by atoms with Gasteiger partial charge in [-0.3, -0.25) is 0 Å². The van der Waals surface area contributed by atoms with Crippen LogP contribution >= 0.6 is 0 Å². The SMILES string of the molecule is O=C([O-])c1ncnc2ccccc12.[NH4+]. The first-order chi connectivity index (χ1) is 6.29. The van der Waals surface area contributed by atoms with Crippen molar-refractivity contribution < 1.29 is 9.90 Å². The summed E-state index contributed by atoms with van der Waals surface area (Å²) < 4.78 is 0. The number of carboxylic acid groups (broad SMARTS) is 1. The number of carbonyl (C=O) groups excluding carboxylic acids is 1. The molecule has 0 unspecified atom stereocenters. The zero-order valence-electron chi connectivity index (χ0n) is 7.60. The van der Waals surface area contributed by atoms with E-state index in [1.807, 2.05) is 0 Å². The molecule has 0 radical (unpaired) electrons. The van der Waals surface area contributed by atoms with Crippen molar-refractivity contribution in [3.63, 3.8) is 0 Å². The Morgan fingerprint density at radius 1 is 1.21 bits per heavy atom. The van der Waals surface area contributed by atoms with E-state index in [0.717, 1.165) is 0 Å². The van der Waals surface area contributed by atoms with E-state index in [-0.39, 0.29) is 11.8 Å². The van der Waals surface area contributed by atoms with Gasteiger partial charge in [0.05, 0.1) is 17.2 Å². The normalized spacial score (nSPS) is 9.43. The average Bonchev–Trinajstić information content (AvgIpc) is 2.17. The fraction of sp³-hybridized carbons (Fsp3) is 0. The Labute approximate surface area is 80.0 Å². The van der Waals surface area contributed by atoms with E-state index in [1.165, 1.54) is 6.33 Å². The van der Waals surface area contributed by atoms with Crippen LogP contribution in [0.1, 0.15) is 10.5 Å². The molecular formula is C9H9N3O2. The van der Waals surface area contributed by atoms with Gasteiger partial charge >= 0.3 is 0 Å².